The van der Waals surface area contributed by atoms with Gasteiger partial charge in [-0.15, -0.1) is 0 Å². The van der Waals surface area contributed by atoms with Crippen molar-refractivity contribution in [3.63, 3.8) is 0 Å². The molecular formula is C17H26N2O2. The standard InChI is InChI=1S/C17H26N2O2/c1-12(2)17-14(9-10-21-17)11-19-16(20)8-7-13-5-3-4-6-15(13)18/h3-6,12,14,17H,7-11,18H2,1-2H3,(H,19,20). The predicted molar refractivity (Wildman–Crippen MR) is 84.9 cm³/mol. The Bertz CT molecular complexity index is 474. The Morgan fingerprint density at radius 1 is 1.43 bits per heavy atom. The number of rotatable bonds is 6. The molecule has 2 atom stereocenters. The lowest BCUT2D eigenvalue weighted by Gasteiger charge is -2.22. The first-order valence-electron chi connectivity index (χ1n) is 7.79. The number of para-hydroxylation sites is 1. The molecule has 0 saturated carbocycles. The second kappa shape index (κ2) is 7.46. The van der Waals surface area contributed by atoms with Gasteiger partial charge in [0.05, 0.1) is 6.10 Å². The van der Waals surface area contributed by atoms with E-state index in [1.54, 1.807) is 0 Å². The molecule has 1 fully saturated rings. The molecule has 0 bridgehead atoms. The van der Waals surface area contributed by atoms with Crippen LogP contribution in [0.5, 0.6) is 0 Å². The first kappa shape index (κ1) is 15.8. The zero-order valence-corrected chi connectivity index (χ0v) is 13.0. The van der Waals surface area contributed by atoms with Crippen LogP contribution in [0.2, 0.25) is 0 Å². The van der Waals surface area contributed by atoms with Crippen LogP contribution in [-0.4, -0.2) is 25.2 Å². The van der Waals surface area contributed by atoms with Gasteiger partial charge in [0.1, 0.15) is 0 Å². The van der Waals surface area contributed by atoms with Gasteiger partial charge in [-0.1, -0.05) is 32.0 Å². The van der Waals surface area contributed by atoms with E-state index in [1.165, 1.54) is 0 Å². The first-order chi connectivity index (χ1) is 10.1. The summed E-state index contributed by atoms with van der Waals surface area (Å²) in [6.45, 7) is 5.86. The molecule has 1 aliphatic rings. The van der Waals surface area contributed by atoms with Crippen LogP contribution in [0.15, 0.2) is 24.3 Å². The van der Waals surface area contributed by atoms with E-state index in [9.17, 15) is 4.79 Å². The Morgan fingerprint density at radius 3 is 2.90 bits per heavy atom. The fraction of sp³-hybridized carbons (Fsp3) is 0.588. The molecule has 1 aromatic rings. The summed E-state index contributed by atoms with van der Waals surface area (Å²) in [4.78, 5) is 12.0. The Kier molecular flexibility index (Phi) is 5.62. The van der Waals surface area contributed by atoms with Gasteiger partial charge < -0.3 is 15.8 Å². The number of anilines is 1. The van der Waals surface area contributed by atoms with Crippen molar-refractivity contribution in [2.45, 2.75) is 39.2 Å². The molecule has 1 aliphatic heterocycles. The topological polar surface area (TPSA) is 64.3 Å². The average molecular weight is 290 g/mol. The van der Waals surface area contributed by atoms with Crippen molar-refractivity contribution in [3.8, 4) is 0 Å². The Labute approximate surface area is 127 Å². The minimum absolute atomic E-state index is 0.0904. The Hall–Kier alpha value is -1.55. The summed E-state index contributed by atoms with van der Waals surface area (Å²) in [6.07, 6.45) is 2.48. The van der Waals surface area contributed by atoms with E-state index < -0.39 is 0 Å². The SMILES string of the molecule is CC(C)C1OCCC1CNC(=O)CCc1ccccc1N. The maximum absolute atomic E-state index is 12.0. The molecule has 0 spiro atoms. The van der Waals surface area contributed by atoms with Gasteiger partial charge in [-0.2, -0.15) is 0 Å². The van der Waals surface area contributed by atoms with Crippen molar-refractivity contribution in [1.29, 1.82) is 0 Å². The molecule has 0 radical (unpaired) electrons. The largest absolute Gasteiger partial charge is 0.399 e. The van der Waals surface area contributed by atoms with Gasteiger partial charge in [-0.25, -0.2) is 0 Å². The smallest absolute Gasteiger partial charge is 0.220 e. The molecule has 116 valence electrons. The average Bonchev–Trinajstić information content (AvgIpc) is 2.93. The molecule has 1 amide bonds. The van der Waals surface area contributed by atoms with Gasteiger partial charge in [0.2, 0.25) is 5.91 Å². The van der Waals surface area contributed by atoms with E-state index in [2.05, 4.69) is 19.2 Å². The highest BCUT2D eigenvalue weighted by molar-refractivity contribution is 5.76. The van der Waals surface area contributed by atoms with E-state index in [0.29, 0.717) is 31.2 Å². The molecule has 4 nitrogen and oxygen atoms in total. The minimum Gasteiger partial charge on any atom is -0.399 e. The maximum Gasteiger partial charge on any atom is 0.220 e. The molecule has 1 heterocycles. The predicted octanol–water partition coefficient (Wildman–Crippen LogP) is 2.38. The molecule has 3 N–H and O–H groups in total. The summed E-state index contributed by atoms with van der Waals surface area (Å²) in [5.41, 5.74) is 7.68. The molecule has 2 unspecified atom stereocenters. The highest BCUT2D eigenvalue weighted by atomic mass is 16.5. The quantitative estimate of drug-likeness (QED) is 0.791. The lowest BCUT2D eigenvalue weighted by molar-refractivity contribution is -0.121. The van der Waals surface area contributed by atoms with Crippen LogP contribution in [-0.2, 0) is 16.0 Å². The molecule has 0 aromatic heterocycles. The summed E-state index contributed by atoms with van der Waals surface area (Å²) in [5, 5.41) is 3.04. The van der Waals surface area contributed by atoms with E-state index in [0.717, 1.165) is 24.3 Å². The number of nitrogens with two attached hydrogens (primary N) is 1. The number of amides is 1. The maximum atomic E-state index is 12.0. The zero-order valence-electron chi connectivity index (χ0n) is 13.0. The number of aryl methyl sites for hydroxylation is 1. The van der Waals surface area contributed by atoms with Crippen molar-refractivity contribution in [2.24, 2.45) is 11.8 Å². The van der Waals surface area contributed by atoms with Gasteiger partial charge in [0.15, 0.2) is 0 Å². The summed E-state index contributed by atoms with van der Waals surface area (Å²) < 4.78 is 5.74. The highest BCUT2D eigenvalue weighted by Crippen LogP contribution is 2.26. The van der Waals surface area contributed by atoms with Gasteiger partial charge in [0.25, 0.3) is 0 Å². The van der Waals surface area contributed by atoms with Gasteiger partial charge in [-0.3, -0.25) is 4.79 Å². The summed E-state index contributed by atoms with van der Waals surface area (Å²) >= 11 is 0. The summed E-state index contributed by atoms with van der Waals surface area (Å²) in [7, 11) is 0. The number of nitrogens with one attached hydrogen (secondary N) is 1. The van der Waals surface area contributed by atoms with Crippen molar-refractivity contribution < 1.29 is 9.53 Å². The molecule has 1 aromatic carbocycles. The fourth-order valence-corrected chi connectivity index (χ4v) is 2.95. The number of carbonyl (C=O) groups is 1. The third-order valence-electron chi connectivity index (χ3n) is 4.16. The number of hydrogen-bond acceptors (Lipinski definition) is 3. The van der Waals surface area contributed by atoms with Crippen LogP contribution in [0, 0.1) is 11.8 Å². The molecule has 1 saturated heterocycles. The molecule has 4 heteroatoms. The van der Waals surface area contributed by atoms with Gasteiger partial charge >= 0.3 is 0 Å². The third kappa shape index (κ3) is 4.46. The van der Waals surface area contributed by atoms with Crippen molar-refractivity contribution >= 4 is 11.6 Å². The van der Waals surface area contributed by atoms with E-state index in [4.69, 9.17) is 10.5 Å². The van der Waals surface area contributed by atoms with E-state index in [-0.39, 0.29) is 12.0 Å². The fourth-order valence-electron chi connectivity index (χ4n) is 2.95. The van der Waals surface area contributed by atoms with Crippen LogP contribution in [0.1, 0.15) is 32.3 Å². The lowest BCUT2D eigenvalue weighted by Crippen LogP contribution is -2.35. The Balaban J connectivity index is 1.74. The van der Waals surface area contributed by atoms with Crippen molar-refractivity contribution in [2.75, 3.05) is 18.9 Å². The number of hydrogen-bond donors (Lipinski definition) is 2. The number of carbonyl (C=O) groups excluding carboxylic acids is 1. The van der Waals surface area contributed by atoms with E-state index in [1.807, 2.05) is 24.3 Å². The van der Waals surface area contributed by atoms with Crippen molar-refractivity contribution in [3.05, 3.63) is 29.8 Å². The second-order valence-corrected chi connectivity index (χ2v) is 6.13. The summed E-state index contributed by atoms with van der Waals surface area (Å²) in [6, 6.07) is 7.70. The van der Waals surface area contributed by atoms with Crippen LogP contribution in [0.4, 0.5) is 5.69 Å². The summed E-state index contributed by atoms with van der Waals surface area (Å²) in [5.74, 6) is 1.03. The van der Waals surface area contributed by atoms with Crippen LogP contribution in [0.3, 0.4) is 0 Å². The van der Waals surface area contributed by atoms with Crippen molar-refractivity contribution in [1.82, 2.24) is 5.32 Å². The zero-order chi connectivity index (χ0) is 15.2. The van der Waals surface area contributed by atoms with Crippen LogP contribution < -0.4 is 11.1 Å². The third-order valence-corrected chi connectivity index (χ3v) is 4.16. The molecule has 21 heavy (non-hydrogen) atoms. The highest BCUT2D eigenvalue weighted by Gasteiger charge is 2.30. The number of benzene rings is 1. The molecule has 0 aliphatic carbocycles. The van der Waals surface area contributed by atoms with Gasteiger partial charge in [-0.05, 0) is 30.4 Å². The first-order valence-corrected chi connectivity index (χ1v) is 7.79. The van der Waals surface area contributed by atoms with Crippen LogP contribution in [0.25, 0.3) is 0 Å². The number of ether oxygens (including phenoxy) is 1. The monoisotopic (exact) mass is 290 g/mol. The Morgan fingerprint density at radius 2 is 2.19 bits per heavy atom. The van der Waals surface area contributed by atoms with Crippen LogP contribution >= 0.6 is 0 Å². The number of nitrogen functional groups attached to an aromatic ring is 1. The lowest BCUT2D eigenvalue weighted by atomic mass is 9.93. The molecular weight excluding hydrogens is 264 g/mol. The van der Waals surface area contributed by atoms with E-state index >= 15 is 0 Å². The van der Waals surface area contributed by atoms with Gasteiger partial charge in [0, 0.05) is 31.2 Å². The normalized spacial score (nSPS) is 21.7. The molecule has 2 rings (SSSR count). The minimum atomic E-state index is 0.0904. The second-order valence-electron chi connectivity index (χ2n) is 6.13.